The van der Waals surface area contributed by atoms with Gasteiger partial charge in [-0.05, 0) is 30.7 Å². The van der Waals surface area contributed by atoms with Crippen LogP contribution in [0.2, 0.25) is 19.6 Å². The molecule has 0 heterocycles. The number of amides is 1. The summed E-state index contributed by atoms with van der Waals surface area (Å²) in [6.45, 7) is 8.46. The van der Waals surface area contributed by atoms with Gasteiger partial charge in [0, 0.05) is 5.56 Å². The normalized spacial score (nSPS) is 10.8. The van der Waals surface area contributed by atoms with Crippen LogP contribution in [0, 0.1) is 18.3 Å². The highest BCUT2D eigenvalue weighted by atomic mass is 28.3. The topological polar surface area (TPSA) is 52.9 Å². The van der Waals surface area contributed by atoms with Crippen LogP contribution in [0.3, 0.4) is 0 Å². The zero-order valence-corrected chi connectivity index (χ0v) is 11.8. The van der Waals surface area contributed by atoms with Crippen LogP contribution in [0.1, 0.15) is 21.5 Å². The Hall–Kier alpha value is -1.60. The third-order valence-electron chi connectivity index (χ3n) is 2.39. The van der Waals surface area contributed by atoms with Crippen LogP contribution in [0.4, 0.5) is 0 Å². The monoisotopic (exact) mass is 246 g/mol. The third-order valence-corrected chi connectivity index (χ3v) is 3.63. The van der Waals surface area contributed by atoms with Crippen LogP contribution in [0.25, 0.3) is 0 Å². The summed E-state index contributed by atoms with van der Waals surface area (Å²) in [6.07, 6.45) is 0.769. The number of benzene rings is 1. The summed E-state index contributed by atoms with van der Waals surface area (Å²) in [4.78, 5) is 11.9. The molecule has 0 aliphatic rings. The number of nitrogens with one attached hydrogen (secondary N) is 1. The lowest BCUT2D eigenvalue weighted by Gasteiger charge is -2.27. The predicted octanol–water partition coefficient (Wildman–Crippen LogP) is 2.47. The summed E-state index contributed by atoms with van der Waals surface area (Å²) in [5.41, 5.74) is 2.08. The molecule has 0 saturated carbocycles. The van der Waals surface area contributed by atoms with Gasteiger partial charge in [0.05, 0.1) is 11.6 Å². The number of hydrogen-bond donors (Lipinski definition) is 1. The smallest absolute Gasteiger partial charge is 0.248 e. The molecule has 1 amide bonds. The fourth-order valence-electron chi connectivity index (χ4n) is 1.38. The first-order chi connectivity index (χ1) is 7.83. The van der Waals surface area contributed by atoms with Crippen molar-refractivity contribution in [1.29, 1.82) is 5.26 Å². The van der Waals surface area contributed by atoms with Crippen molar-refractivity contribution in [3.63, 3.8) is 0 Å². The molecule has 0 saturated heterocycles. The van der Waals surface area contributed by atoms with Crippen molar-refractivity contribution in [2.24, 2.45) is 0 Å². The second-order valence-electron chi connectivity index (χ2n) is 5.38. The Labute approximate surface area is 103 Å². The van der Waals surface area contributed by atoms with E-state index >= 15 is 0 Å². The Morgan fingerprint density at radius 2 is 2.06 bits per heavy atom. The SMILES string of the molecule is Cc1cc(C(=O)NC[Si-](C)(C)C)ccc1C#N. The molecular formula is C13H18N2OSi-. The molecule has 1 aromatic carbocycles. The molecule has 0 aliphatic carbocycles. The van der Waals surface area contributed by atoms with Crippen LogP contribution < -0.4 is 5.32 Å². The minimum absolute atomic E-state index is 0.0555. The van der Waals surface area contributed by atoms with E-state index in [-0.39, 0.29) is 5.91 Å². The first-order valence-electron chi connectivity index (χ1n) is 5.62. The summed E-state index contributed by atoms with van der Waals surface area (Å²) in [6, 6.07) is 7.25. The van der Waals surface area contributed by atoms with Gasteiger partial charge in [-0.1, -0.05) is 6.17 Å². The minimum atomic E-state index is -1.27. The number of nitrogens with zero attached hydrogens (tertiary/aromatic N) is 1. The molecule has 1 N–H and O–H groups in total. The van der Waals surface area contributed by atoms with Gasteiger partial charge < -0.3 is 5.32 Å². The molecule has 17 heavy (non-hydrogen) atoms. The van der Waals surface area contributed by atoms with E-state index in [1.54, 1.807) is 18.2 Å². The lowest BCUT2D eigenvalue weighted by Crippen LogP contribution is -2.39. The second kappa shape index (κ2) is 5.15. The van der Waals surface area contributed by atoms with Crippen LogP contribution >= 0.6 is 0 Å². The van der Waals surface area contributed by atoms with E-state index in [4.69, 9.17) is 5.26 Å². The Kier molecular flexibility index (Phi) is 4.08. The second-order valence-corrected chi connectivity index (χ2v) is 10.9. The van der Waals surface area contributed by atoms with Crippen molar-refractivity contribution >= 4 is 14.0 Å². The molecule has 1 rings (SSSR count). The molecule has 3 nitrogen and oxygen atoms in total. The van der Waals surface area contributed by atoms with Gasteiger partial charge in [-0.25, -0.2) is 0 Å². The molecule has 0 radical (unpaired) electrons. The summed E-state index contributed by atoms with van der Waals surface area (Å²) in [7, 11) is -1.27. The third kappa shape index (κ3) is 4.04. The summed E-state index contributed by atoms with van der Waals surface area (Å²) in [5.74, 6) is -0.0555. The number of carbonyl (C=O) groups excluding carboxylic acids is 1. The highest BCUT2D eigenvalue weighted by Crippen LogP contribution is 2.10. The van der Waals surface area contributed by atoms with E-state index in [1.807, 2.05) is 6.92 Å². The molecule has 91 valence electrons. The zero-order valence-electron chi connectivity index (χ0n) is 10.8. The van der Waals surface area contributed by atoms with E-state index < -0.39 is 8.07 Å². The number of rotatable bonds is 3. The van der Waals surface area contributed by atoms with Crippen LogP contribution in [-0.4, -0.2) is 20.1 Å². The molecule has 0 fully saturated rings. The van der Waals surface area contributed by atoms with Crippen molar-refractivity contribution in [3.05, 3.63) is 34.9 Å². The molecule has 0 bridgehead atoms. The average Bonchev–Trinajstić information content (AvgIpc) is 2.24. The van der Waals surface area contributed by atoms with E-state index in [9.17, 15) is 4.79 Å². The van der Waals surface area contributed by atoms with Gasteiger partial charge in [-0.3, -0.25) is 4.79 Å². The van der Waals surface area contributed by atoms with Gasteiger partial charge in [0.2, 0.25) is 5.91 Å². The zero-order chi connectivity index (χ0) is 13.1. The lowest BCUT2D eigenvalue weighted by atomic mass is 10.1. The van der Waals surface area contributed by atoms with Gasteiger partial charge in [0.25, 0.3) is 0 Å². The fourth-order valence-corrected chi connectivity index (χ4v) is 2.07. The number of nitriles is 1. The Balaban J connectivity index is 2.78. The van der Waals surface area contributed by atoms with Crippen LogP contribution in [-0.2, 0) is 0 Å². The molecule has 0 unspecified atom stereocenters. The maximum absolute atomic E-state index is 11.9. The van der Waals surface area contributed by atoms with Gasteiger partial charge in [-0.15, -0.1) is 8.07 Å². The van der Waals surface area contributed by atoms with Gasteiger partial charge in [0.1, 0.15) is 0 Å². The van der Waals surface area contributed by atoms with Crippen molar-refractivity contribution in [3.8, 4) is 6.07 Å². The maximum Gasteiger partial charge on any atom is 0.248 e. The fraction of sp³-hybridized carbons (Fsp3) is 0.385. The van der Waals surface area contributed by atoms with Crippen LogP contribution in [0.5, 0.6) is 0 Å². The summed E-state index contributed by atoms with van der Waals surface area (Å²) in [5, 5.41) is 11.8. The van der Waals surface area contributed by atoms with E-state index in [0.29, 0.717) is 11.1 Å². The van der Waals surface area contributed by atoms with E-state index in [2.05, 4.69) is 31.0 Å². The summed E-state index contributed by atoms with van der Waals surface area (Å²) >= 11 is 0. The highest BCUT2D eigenvalue weighted by Gasteiger charge is 2.08. The molecule has 4 heteroatoms. The summed E-state index contributed by atoms with van der Waals surface area (Å²) < 4.78 is 0. The first-order valence-corrected chi connectivity index (χ1v) is 9.33. The minimum Gasteiger partial charge on any atom is -0.383 e. The predicted molar refractivity (Wildman–Crippen MR) is 71.6 cm³/mol. The van der Waals surface area contributed by atoms with Crippen LogP contribution in [0.15, 0.2) is 18.2 Å². The molecular weight excluding hydrogens is 228 g/mol. The van der Waals surface area contributed by atoms with E-state index in [1.165, 1.54) is 0 Å². The van der Waals surface area contributed by atoms with Crippen molar-refractivity contribution in [2.75, 3.05) is 6.17 Å². The number of carbonyl (C=O) groups is 1. The maximum atomic E-state index is 11.9. The van der Waals surface area contributed by atoms with Gasteiger partial charge in [-0.2, -0.15) is 24.9 Å². The van der Waals surface area contributed by atoms with Gasteiger partial charge >= 0.3 is 0 Å². The van der Waals surface area contributed by atoms with Crippen molar-refractivity contribution in [2.45, 2.75) is 26.6 Å². The largest absolute Gasteiger partial charge is 0.383 e. The lowest BCUT2D eigenvalue weighted by molar-refractivity contribution is 0.0959. The molecule has 1 aromatic rings. The average molecular weight is 246 g/mol. The highest BCUT2D eigenvalue weighted by molar-refractivity contribution is 6.76. The Morgan fingerprint density at radius 3 is 2.53 bits per heavy atom. The first kappa shape index (κ1) is 13.5. The molecule has 0 aromatic heterocycles. The molecule has 0 atom stereocenters. The Morgan fingerprint density at radius 1 is 1.41 bits per heavy atom. The number of aryl methyl sites for hydroxylation is 1. The van der Waals surface area contributed by atoms with Crippen molar-refractivity contribution in [1.82, 2.24) is 5.32 Å². The Bertz CT molecular complexity index is 469. The van der Waals surface area contributed by atoms with E-state index in [0.717, 1.165) is 11.7 Å². The number of hydrogen-bond acceptors (Lipinski definition) is 2. The quantitative estimate of drug-likeness (QED) is 0.833. The standard InChI is InChI=1S/C13H18N2OSi/c1-10-7-11(5-6-12(10)8-14)13(16)15-9-17(2,3)4/h5-7H,9H2,1-4H3,(H,15,16)/q-1. The van der Waals surface area contributed by atoms with Gasteiger partial charge in [0.15, 0.2) is 0 Å². The molecule has 0 spiro atoms. The molecule has 0 aliphatic heterocycles. The van der Waals surface area contributed by atoms with Crippen molar-refractivity contribution < 1.29 is 4.79 Å².